The fraction of sp³-hybridized carbons (Fsp3) is 0.773. The summed E-state index contributed by atoms with van der Waals surface area (Å²) in [5.41, 5.74) is 5.40. The van der Waals surface area contributed by atoms with Crippen LogP contribution in [0, 0.1) is 0 Å². The highest BCUT2D eigenvalue weighted by molar-refractivity contribution is 5.75. The van der Waals surface area contributed by atoms with Gasteiger partial charge in [-0.15, -0.1) is 0 Å². The van der Waals surface area contributed by atoms with Crippen LogP contribution in [0.5, 0.6) is 0 Å². The van der Waals surface area contributed by atoms with Crippen molar-refractivity contribution in [3.63, 3.8) is 0 Å². The summed E-state index contributed by atoms with van der Waals surface area (Å²) < 4.78 is 27.7. The van der Waals surface area contributed by atoms with E-state index < -0.39 is 47.9 Å². The molecule has 13 nitrogen and oxygen atoms in total. The van der Waals surface area contributed by atoms with Crippen LogP contribution in [0.2, 0.25) is 0 Å². The van der Waals surface area contributed by atoms with Gasteiger partial charge in [0.15, 0.2) is 6.10 Å². The van der Waals surface area contributed by atoms with Gasteiger partial charge in [0.1, 0.15) is 18.8 Å². The maximum Gasteiger partial charge on any atom is 0.305 e. The molecule has 0 spiro atoms. The number of unbranched alkanes of at least 4 members (excludes halogenated alkanes) is 1. The lowest BCUT2D eigenvalue weighted by Crippen LogP contribution is -2.72. The molecule has 1 saturated heterocycles. The van der Waals surface area contributed by atoms with Gasteiger partial charge >= 0.3 is 17.9 Å². The Hall–Kier alpha value is -2.77. The molecule has 0 aliphatic carbocycles. The molecular weight excluding hydrogens is 466 g/mol. The number of nitrogens with one attached hydrogen (secondary N) is 2. The predicted molar refractivity (Wildman–Crippen MR) is 121 cm³/mol. The van der Waals surface area contributed by atoms with E-state index in [1.165, 1.54) is 13.8 Å². The van der Waals surface area contributed by atoms with Crippen molar-refractivity contribution in [2.24, 2.45) is 5.73 Å². The Labute approximate surface area is 204 Å². The molecule has 0 aromatic heterocycles. The maximum atomic E-state index is 12.1. The topological polar surface area (TPSA) is 182 Å². The van der Waals surface area contributed by atoms with Crippen LogP contribution in [-0.4, -0.2) is 86.7 Å². The summed E-state index contributed by atoms with van der Waals surface area (Å²) in [6, 6.07) is -1.04. The van der Waals surface area contributed by atoms with Crippen LogP contribution in [0.4, 0.5) is 0 Å². The smallest absolute Gasteiger partial charge is 0.305 e. The molecular formula is C22H37N3O10. The Bertz CT molecular complexity index is 747. The third kappa shape index (κ3) is 10.6. The minimum atomic E-state index is -1.96. The fourth-order valence-electron chi connectivity index (χ4n) is 3.54. The van der Waals surface area contributed by atoms with Gasteiger partial charge in [-0.3, -0.25) is 24.0 Å². The van der Waals surface area contributed by atoms with Gasteiger partial charge in [-0.2, -0.15) is 0 Å². The van der Waals surface area contributed by atoms with Gasteiger partial charge in [0, 0.05) is 40.7 Å². The van der Waals surface area contributed by atoms with Crippen molar-refractivity contribution < 1.29 is 47.7 Å². The van der Waals surface area contributed by atoms with Crippen LogP contribution in [-0.2, 0) is 47.7 Å². The molecule has 13 heteroatoms. The first-order chi connectivity index (χ1) is 16.5. The Morgan fingerprint density at radius 2 is 1.71 bits per heavy atom. The zero-order chi connectivity index (χ0) is 26.4. The summed E-state index contributed by atoms with van der Waals surface area (Å²) in [6.07, 6.45) is -0.634. The van der Waals surface area contributed by atoms with Gasteiger partial charge in [-0.05, 0) is 25.8 Å². The molecule has 1 rings (SSSR count). The summed E-state index contributed by atoms with van der Waals surface area (Å²) in [4.78, 5) is 59.2. The van der Waals surface area contributed by atoms with Gasteiger partial charge < -0.3 is 40.1 Å². The standard InChI is InChI=1S/C22H37N3O10/c1-14(26)25-19-13-32-18(12-31-15(2)27)21(34-16(3)28)22(19,35-17(4)29)33-11-6-5-8-20(30)24-10-7-9-23/h18-19,21H,5-13,23H2,1-4H3,(H,24,30)(H,25,26)/t18-,19+,21+,22?/m1/s1. The van der Waals surface area contributed by atoms with E-state index in [9.17, 15) is 24.0 Å². The van der Waals surface area contributed by atoms with Gasteiger partial charge in [0.05, 0.1) is 13.2 Å². The van der Waals surface area contributed by atoms with Crippen LogP contribution >= 0.6 is 0 Å². The van der Waals surface area contributed by atoms with Crippen LogP contribution < -0.4 is 16.4 Å². The van der Waals surface area contributed by atoms with Gasteiger partial charge in [-0.1, -0.05) is 0 Å². The number of carbonyl (C=O) groups excluding carboxylic acids is 5. The molecule has 200 valence electrons. The minimum absolute atomic E-state index is 0.00249. The third-order valence-corrected chi connectivity index (χ3v) is 4.95. The zero-order valence-electron chi connectivity index (χ0n) is 20.8. The molecule has 4 atom stereocenters. The summed E-state index contributed by atoms with van der Waals surface area (Å²) in [7, 11) is 0. The number of hydrogen-bond donors (Lipinski definition) is 3. The normalized spacial score (nSPS) is 23.6. The van der Waals surface area contributed by atoms with E-state index in [0.717, 1.165) is 13.8 Å². The lowest BCUT2D eigenvalue weighted by atomic mass is 9.92. The molecule has 1 unspecified atom stereocenters. The van der Waals surface area contributed by atoms with Crippen molar-refractivity contribution in [2.75, 3.05) is 32.9 Å². The largest absolute Gasteiger partial charge is 0.463 e. The van der Waals surface area contributed by atoms with Crippen molar-refractivity contribution in [2.45, 2.75) is 77.4 Å². The van der Waals surface area contributed by atoms with Crippen LogP contribution in [0.25, 0.3) is 0 Å². The molecule has 0 saturated carbocycles. The quantitative estimate of drug-likeness (QED) is 0.118. The van der Waals surface area contributed by atoms with E-state index in [-0.39, 0.29) is 32.1 Å². The van der Waals surface area contributed by atoms with Crippen molar-refractivity contribution in [3.05, 3.63) is 0 Å². The second-order valence-electron chi connectivity index (χ2n) is 8.07. The second-order valence-corrected chi connectivity index (χ2v) is 8.07. The molecule has 35 heavy (non-hydrogen) atoms. The molecule has 0 aromatic carbocycles. The number of carbonyl (C=O) groups is 5. The number of ether oxygens (including phenoxy) is 5. The van der Waals surface area contributed by atoms with Crippen LogP contribution in [0.1, 0.15) is 53.4 Å². The monoisotopic (exact) mass is 503 g/mol. The second kappa shape index (κ2) is 15.3. The molecule has 1 aliphatic rings. The van der Waals surface area contributed by atoms with E-state index in [0.29, 0.717) is 32.4 Å². The van der Waals surface area contributed by atoms with Crippen LogP contribution in [0.3, 0.4) is 0 Å². The van der Waals surface area contributed by atoms with E-state index in [1.54, 1.807) is 0 Å². The lowest BCUT2D eigenvalue weighted by Gasteiger charge is -2.49. The summed E-state index contributed by atoms with van der Waals surface area (Å²) in [6.45, 7) is 5.23. The van der Waals surface area contributed by atoms with Crippen molar-refractivity contribution in [1.29, 1.82) is 0 Å². The zero-order valence-corrected chi connectivity index (χ0v) is 20.8. The van der Waals surface area contributed by atoms with Crippen molar-refractivity contribution in [3.8, 4) is 0 Å². The Morgan fingerprint density at radius 1 is 1.00 bits per heavy atom. The van der Waals surface area contributed by atoms with Gasteiger partial charge in [0.25, 0.3) is 5.79 Å². The molecule has 4 N–H and O–H groups in total. The lowest BCUT2D eigenvalue weighted by molar-refractivity contribution is -0.329. The third-order valence-electron chi connectivity index (χ3n) is 4.95. The average Bonchev–Trinajstić information content (AvgIpc) is 2.74. The molecule has 0 radical (unpaired) electrons. The highest BCUT2D eigenvalue weighted by atomic mass is 16.7. The Balaban J connectivity index is 3.08. The van der Waals surface area contributed by atoms with Crippen LogP contribution in [0.15, 0.2) is 0 Å². The summed E-state index contributed by atoms with van der Waals surface area (Å²) >= 11 is 0. The first-order valence-corrected chi connectivity index (χ1v) is 11.5. The fourth-order valence-corrected chi connectivity index (χ4v) is 3.54. The van der Waals surface area contributed by atoms with E-state index in [2.05, 4.69) is 10.6 Å². The highest BCUT2D eigenvalue weighted by Gasteiger charge is 2.60. The number of nitrogens with two attached hydrogens (primary N) is 1. The van der Waals surface area contributed by atoms with Gasteiger partial charge in [0.2, 0.25) is 11.8 Å². The molecule has 1 aliphatic heterocycles. The number of rotatable bonds is 14. The van der Waals surface area contributed by atoms with E-state index in [4.69, 9.17) is 29.4 Å². The summed E-state index contributed by atoms with van der Waals surface area (Å²) in [5, 5.41) is 5.37. The van der Waals surface area contributed by atoms with Gasteiger partial charge in [-0.25, -0.2) is 0 Å². The molecule has 0 bridgehead atoms. The first kappa shape index (κ1) is 30.3. The first-order valence-electron chi connectivity index (χ1n) is 11.5. The summed E-state index contributed by atoms with van der Waals surface area (Å²) in [5.74, 6) is -4.64. The molecule has 2 amide bonds. The molecule has 1 fully saturated rings. The molecule has 0 aromatic rings. The van der Waals surface area contributed by atoms with E-state index in [1.807, 2.05) is 0 Å². The van der Waals surface area contributed by atoms with Crippen molar-refractivity contribution >= 4 is 29.7 Å². The van der Waals surface area contributed by atoms with Crippen molar-refractivity contribution in [1.82, 2.24) is 10.6 Å². The minimum Gasteiger partial charge on any atom is -0.463 e. The Morgan fingerprint density at radius 3 is 2.29 bits per heavy atom. The molecule has 1 heterocycles. The number of hydrogen-bond acceptors (Lipinski definition) is 11. The SMILES string of the molecule is CC(=O)N[C@H]1CO[C@H](COC(C)=O)[C@H](OC(C)=O)C1(OCCCCC(=O)NCCCN)OC(C)=O. The predicted octanol–water partition coefficient (Wildman–Crippen LogP) is -0.704. The average molecular weight is 504 g/mol. The number of amides is 2. The Kier molecular flexibility index (Phi) is 13.2. The van der Waals surface area contributed by atoms with E-state index >= 15 is 0 Å². The number of esters is 3. The maximum absolute atomic E-state index is 12.1. The highest BCUT2D eigenvalue weighted by Crippen LogP contribution is 2.34.